The number of imidazole rings is 1. The van der Waals surface area contributed by atoms with Crippen molar-refractivity contribution in [3.63, 3.8) is 0 Å². The second-order valence-corrected chi connectivity index (χ2v) is 6.82. The summed E-state index contributed by atoms with van der Waals surface area (Å²) in [7, 11) is 0. The van der Waals surface area contributed by atoms with E-state index in [1.165, 1.54) is 0 Å². The third-order valence-corrected chi connectivity index (χ3v) is 5.05. The zero-order valence-corrected chi connectivity index (χ0v) is 14.7. The second-order valence-electron chi connectivity index (χ2n) is 6.82. The molecule has 0 bridgehead atoms. The molecule has 0 spiro atoms. The number of anilines is 1. The first-order valence-corrected chi connectivity index (χ1v) is 8.85. The summed E-state index contributed by atoms with van der Waals surface area (Å²) in [6.07, 6.45) is -0.151. The Morgan fingerprint density at radius 2 is 2.18 bits per heavy atom. The van der Waals surface area contributed by atoms with Crippen LogP contribution in [0.3, 0.4) is 0 Å². The summed E-state index contributed by atoms with van der Waals surface area (Å²) >= 11 is 0. The summed E-state index contributed by atoms with van der Waals surface area (Å²) in [5.41, 5.74) is 7.33. The molecule has 0 radical (unpaired) electrons. The minimum atomic E-state index is -0.842. The van der Waals surface area contributed by atoms with Crippen LogP contribution in [-0.2, 0) is 4.74 Å². The monoisotopic (exact) mass is 382 g/mol. The van der Waals surface area contributed by atoms with Gasteiger partial charge >= 0.3 is 0 Å². The van der Waals surface area contributed by atoms with Crippen molar-refractivity contribution < 1.29 is 14.9 Å². The standard InChI is InChI=1S/C18H18N6O4/c19-18-22-16-14(17(27)23-18)21-15(9-2-1-8-3-4-20-10(8)5-9)24(16)13-6-11(26)12(7-25)28-13/h1-5,11-13,20,25-26H,6-7H2,(H3,19,22,23,27)/t11?,12-,13-/m1/s1. The number of nitrogens with one attached hydrogen (secondary N) is 2. The molecule has 144 valence electrons. The molecule has 1 aliphatic heterocycles. The van der Waals surface area contributed by atoms with Crippen LogP contribution < -0.4 is 11.3 Å². The third-order valence-electron chi connectivity index (χ3n) is 5.05. The highest BCUT2D eigenvalue weighted by molar-refractivity contribution is 5.85. The molecule has 10 heteroatoms. The minimum Gasteiger partial charge on any atom is -0.394 e. The van der Waals surface area contributed by atoms with Crippen LogP contribution in [-0.4, -0.2) is 53.5 Å². The fraction of sp³-hybridized carbons (Fsp3) is 0.278. The smallest absolute Gasteiger partial charge is 0.280 e. The first kappa shape index (κ1) is 16.9. The van der Waals surface area contributed by atoms with Gasteiger partial charge in [-0.15, -0.1) is 0 Å². The SMILES string of the molecule is Nc1nc2c(nc(-c3ccc4cc[nH]c4c3)n2[C@H]2CC(O)[C@@H](CO)O2)c(=O)[nH]1. The summed E-state index contributed by atoms with van der Waals surface area (Å²) in [4.78, 5) is 26.7. The number of nitrogens with zero attached hydrogens (tertiary/aromatic N) is 3. The van der Waals surface area contributed by atoms with E-state index in [0.29, 0.717) is 5.82 Å². The van der Waals surface area contributed by atoms with Gasteiger partial charge in [0.1, 0.15) is 18.2 Å². The number of H-pyrrole nitrogens is 2. The van der Waals surface area contributed by atoms with Gasteiger partial charge in [-0.1, -0.05) is 12.1 Å². The van der Waals surface area contributed by atoms with E-state index in [1.54, 1.807) is 4.57 Å². The summed E-state index contributed by atoms with van der Waals surface area (Å²) < 4.78 is 7.47. The van der Waals surface area contributed by atoms with E-state index in [9.17, 15) is 15.0 Å². The van der Waals surface area contributed by atoms with E-state index in [4.69, 9.17) is 10.5 Å². The van der Waals surface area contributed by atoms with Crippen molar-refractivity contribution in [2.24, 2.45) is 0 Å². The van der Waals surface area contributed by atoms with Crippen LogP contribution in [0, 0.1) is 0 Å². The number of nitrogens with two attached hydrogens (primary N) is 1. The molecule has 5 rings (SSSR count). The Labute approximate surface area is 157 Å². The van der Waals surface area contributed by atoms with Crippen molar-refractivity contribution in [1.82, 2.24) is 24.5 Å². The lowest BCUT2D eigenvalue weighted by atomic mass is 10.1. The van der Waals surface area contributed by atoms with Gasteiger partial charge in [0.05, 0.1) is 12.7 Å². The van der Waals surface area contributed by atoms with Gasteiger partial charge in [-0.05, 0) is 17.5 Å². The molecule has 6 N–H and O–H groups in total. The predicted octanol–water partition coefficient (Wildman–Crippen LogP) is 0.491. The summed E-state index contributed by atoms with van der Waals surface area (Å²) in [5.74, 6) is 0.424. The number of aromatic amines is 2. The zero-order valence-electron chi connectivity index (χ0n) is 14.7. The number of aromatic nitrogens is 5. The van der Waals surface area contributed by atoms with E-state index in [1.807, 2.05) is 30.5 Å². The van der Waals surface area contributed by atoms with Gasteiger partial charge in [0.2, 0.25) is 5.95 Å². The van der Waals surface area contributed by atoms with Crippen molar-refractivity contribution >= 4 is 28.0 Å². The maximum Gasteiger partial charge on any atom is 0.280 e. The molecule has 1 fully saturated rings. The summed E-state index contributed by atoms with van der Waals surface area (Å²) in [5, 5.41) is 20.6. The molecule has 0 amide bonds. The zero-order chi connectivity index (χ0) is 19.4. The van der Waals surface area contributed by atoms with Crippen LogP contribution in [0.1, 0.15) is 12.6 Å². The van der Waals surface area contributed by atoms with Crippen LogP contribution in [0.2, 0.25) is 0 Å². The largest absolute Gasteiger partial charge is 0.394 e. The van der Waals surface area contributed by atoms with Crippen molar-refractivity contribution in [1.29, 1.82) is 0 Å². The lowest BCUT2D eigenvalue weighted by Gasteiger charge is -2.17. The first-order valence-electron chi connectivity index (χ1n) is 8.85. The quantitative estimate of drug-likeness (QED) is 0.345. The Kier molecular flexibility index (Phi) is 3.72. The van der Waals surface area contributed by atoms with E-state index in [2.05, 4.69) is 19.9 Å². The number of nitrogen functional groups attached to an aromatic ring is 1. The average molecular weight is 382 g/mol. The number of benzene rings is 1. The minimum absolute atomic E-state index is 0.0396. The molecule has 4 heterocycles. The number of aliphatic hydroxyl groups excluding tert-OH is 2. The van der Waals surface area contributed by atoms with E-state index in [0.717, 1.165) is 16.5 Å². The molecule has 1 unspecified atom stereocenters. The number of ether oxygens (including phenoxy) is 1. The molecule has 3 atom stereocenters. The molecule has 0 aliphatic carbocycles. The Bertz CT molecular complexity index is 1240. The van der Waals surface area contributed by atoms with Crippen LogP contribution >= 0.6 is 0 Å². The molecular weight excluding hydrogens is 364 g/mol. The maximum absolute atomic E-state index is 12.4. The van der Waals surface area contributed by atoms with Crippen LogP contribution in [0.4, 0.5) is 5.95 Å². The predicted molar refractivity (Wildman–Crippen MR) is 101 cm³/mol. The van der Waals surface area contributed by atoms with Crippen molar-refractivity contribution in [2.45, 2.75) is 24.9 Å². The van der Waals surface area contributed by atoms with Crippen LogP contribution in [0.5, 0.6) is 0 Å². The summed E-state index contributed by atoms with van der Waals surface area (Å²) in [6.45, 7) is -0.315. The number of aliphatic hydroxyl groups is 2. The normalized spacial score (nSPS) is 22.4. The lowest BCUT2D eigenvalue weighted by molar-refractivity contribution is -0.0426. The fourth-order valence-corrected chi connectivity index (χ4v) is 3.70. The number of fused-ring (bicyclic) bond motifs is 2. The lowest BCUT2D eigenvalue weighted by Crippen LogP contribution is -2.24. The third kappa shape index (κ3) is 2.50. The van der Waals surface area contributed by atoms with Crippen LogP contribution in [0.15, 0.2) is 35.3 Å². The average Bonchev–Trinajstić information content (AvgIpc) is 3.36. The molecule has 4 aromatic rings. The van der Waals surface area contributed by atoms with Gasteiger partial charge in [-0.3, -0.25) is 14.3 Å². The number of rotatable bonds is 3. The van der Waals surface area contributed by atoms with E-state index < -0.39 is 24.0 Å². The molecule has 1 saturated heterocycles. The Morgan fingerprint density at radius 1 is 1.32 bits per heavy atom. The number of hydrogen-bond donors (Lipinski definition) is 5. The van der Waals surface area contributed by atoms with Gasteiger partial charge in [0.15, 0.2) is 11.2 Å². The highest BCUT2D eigenvalue weighted by Gasteiger charge is 2.37. The second kappa shape index (κ2) is 6.16. The van der Waals surface area contributed by atoms with Gasteiger partial charge in [0, 0.05) is 23.7 Å². The summed E-state index contributed by atoms with van der Waals surface area (Å²) in [6, 6.07) is 7.70. The topological polar surface area (TPSA) is 155 Å². The molecular formula is C18H18N6O4. The van der Waals surface area contributed by atoms with Crippen molar-refractivity contribution in [2.75, 3.05) is 12.3 Å². The Morgan fingerprint density at radius 3 is 2.96 bits per heavy atom. The highest BCUT2D eigenvalue weighted by atomic mass is 16.5. The van der Waals surface area contributed by atoms with Gasteiger partial charge in [-0.2, -0.15) is 4.98 Å². The molecule has 1 aromatic carbocycles. The molecule has 0 saturated carbocycles. The highest BCUT2D eigenvalue weighted by Crippen LogP contribution is 2.35. The Hall–Kier alpha value is -3.21. The maximum atomic E-state index is 12.4. The molecule has 3 aromatic heterocycles. The van der Waals surface area contributed by atoms with Gasteiger partial charge < -0.3 is 25.7 Å². The first-order chi connectivity index (χ1) is 13.5. The molecule has 28 heavy (non-hydrogen) atoms. The van der Waals surface area contributed by atoms with Crippen LogP contribution in [0.25, 0.3) is 33.5 Å². The van der Waals surface area contributed by atoms with E-state index in [-0.39, 0.29) is 30.1 Å². The van der Waals surface area contributed by atoms with E-state index >= 15 is 0 Å². The van der Waals surface area contributed by atoms with Gasteiger partial charge in [0.25, 0.3) is 5.56 Å². The van der Waals surface area contributed by atoms with Crippen molar-refractivity contribution in [3.05, 3.63) is 40.8 Å². The number of hydrogen-bond acceptors (Lipinski definition) is 7. The van der Waals surface area contributed by atoms with Gasteiger partial charge in [-0.25, -0.2) is 4.98 Å². The fourth-order valence-electron chi connectivity index (χ4n) is 3.70. The molecule has 10 nitrogen and oxygen atoms in total. The Balaban J connectivity index is 1.76. The molecule has 1 aliphatic rings. The van der Waals surface area contributed by atoms with Crippen molar-refractivity contribution in [3.8, 4) is 11.4 Å².